The molecule has 0 aromatic carbocycles. The first kappa shape index (κ1) is 15.2. The molecule has 0 aliphatic carbocycles. The van der Waals surface area contributed by atoms with Crippen LogP contribution < -0.4 is 9.80 Å². The topological polar surface area (TPSA) is 75.9 Å². The lowest BCUT2D eigenvalue weighted by Gasteiger charge is -2.23. The van der Waals surface area contributed by atoms with Crippen LogP contribution in [0.5, 0.6) is 0 Å². The molecule has 132 valence electrons. The second-order valence-electron chi connectivity index (χ2n) is 7.03. The first-order valence-corrected chi connectivity index (χ1v) is 8.87. The van der Waals surface area contributed by atoms with Crippen molar-refractivity contribution < 1.29 is 0 Å². The number of hydrogen-bond donors (Lipinski definition) is 0. The summed E-state index contributed by atoms with van der Waals surface area (Å²) in [5.41, 5.74) is 1.01. The van der Waals surface area contributed by atoms with Crippen LogP contribution in [0.3, 0.4) is 0 Å². The van der Waals surface area contributed by atoms with Gasteiger partial charge in [0.2, 0.25) is 0 Å². The van der Waals surface area contributed by atoms with Gasteiger partial charge in [0.05, 0.1) is 0 Å². The molecule has 2 aliphatic heterocycles. The Hall–Kier alpha value is -3.03. The molecule has 26 heavy (non-hydrogen) atoms. The number of aromatic nitrogens is 6. The van der Waals surface area contributed by atoms with Gasteiger partial charge in [0, 0.05) is 68.2 Å². The highest BCUT2D eigenvalue weighted by molar-refractivity contribution is 5.47. The Labute approximate surface area is 151 Å². The molecule has 3 aromatic rings. The second-order valence-corrected chi connectivity index (χ2v) is 7.03. The molecular formula is C18H20N8. The molecule has 2 atom stereocenters. The predicted molar refractivity (Wildman–Crippen MR) is 97.3 cm³/mol. The number of anilines is 2. The number of rotatable bonds is 3. The van der Waals surface area contributed by atoms with Crippen LogP contribution in [0, 0.1) is 18.8 Å². The lowest BCUT2D eigenvalue weighted by Crippen LogP contribution is -2.29. The van der Waals surface area contributed by atoms with Gasteiger partial charge in [-0.1, -0.05) is 0 Å². The average Bonchev–Trinajstić information content (AvgIpc) is 3.38. The van der Waals surface area contributed by atoms with Gasteiger partial charge in [0.15, 0.2) is 5.82 Å². The first-order valence-electron chi connectivity index (χ1n) is 8.87. The van der Waals surface area contributed by atoms with E-state index in [0.717, 1.165) is 49.3 Å². The van der Waals surface area contributed by atoms with Gasteiger partial charge in [-0.3, -0.25) is 0 Å². The van der Waals surface area contributed by atoms with Crippen molar-refractivity contribution in [3.63, 3.8) is 0 Å². The van der Waals surface area contributed by atoms with Gasteiger partial charge >= 0.3 is 0 Å². The molecule has 2 unspecified atom stereocenters. The number of fused-ring (bicyclic) bond motifs is 1. The molecule has 2 aliphatic rings. The molecule has 0 N–H and O–H groups in total. The van der Waals surface area contributed by atoms with Gasteiger partial charge in [0.1, 0.15) is 24.3 Å². The molecule has 3 aromatic heterocycles. The largest absolute Gasteiger partial charge is 0.356 e. The van der Waals surface area contributed by atoms with E-state index >= 15 is 0 Å². The lowest BCUT2D eigenvalue weighted by atomic mass is 10.0. The fourth-order valence-electron chi connectivity index (χ4n) is 4.02. The van der Waals surface area contributed by atoms with E-state index < -0.39 is 0 Å². The number of nitrogens with zero attached hydrogens (tertiary/aromatic N) is 8. The molecule has 0 saturated carbocycles. The van der Waals surface area contributed by atoms with Crippen molar-refractivity contribution in [1.82, 2.24) is 29.7 Å². The van der Waals surface area contributed by atoms with E-state index in [2.05, 4.69) is 40.9 Å². The molecule has 8 nitrogen and oxygen atoms in total. The first-order chi connectivity index (χ1) is 12.8. The zero-order valence-electron chi connectivity index (χ0n) is 14.6. The summed E-state index contributed by atoms with van der Waals surface area (Å²) >= 11 is 0. The normalized spacial score (nSPS) is 22.0. The highest BCUT2D eigenvalue weighted by atomic mass is 15.3. The van der Waals surface area contributed by atoms with E-state index in [1.54, 1.807) is 23.5 Å². The Balaban J connectivity index is 1.31. The van der Waals surface area contributed by atoms with Gasteiger partial charge in [-0.05, 0) is 13.0 Å². The molecule has 2 fully saturated rings. The monoisotopic (exact) mass is 348 g/mol. The summed E-state index contributed by atoms with van der Waals surface area (Å²) in [5.74, 6) is 4.09. The van der Waals surface area contributed by atoms with Crippen LogP contribution in [-0.4, -0.2) is 55.9 Å². The summed E-state index contributed by atoms with van der Waals surface area (Å²) < 4.78 is 1.77. The Kier molecular flexibility index (Phi) is 3.55. The molecule has 5 rings (SSSR count). The summed E-state index contributed by atoms with van der Waals surface area (Å²) in [7, 11) is 0. The summed E-state index contributed by atoms with van der Waals surface area (Å²) in [5, 5.41) is 4.25. The minimum Gasteiger partial charge on any atom is -0.356 e. The summed E-state index contributed by atoms with van der Waals surface area (Å²) in [6.45, 7) is 6.11. The van der Waals surface area contributed by atoms with Crippen molar-refractivity contribution in [3.05, 3.63) is 48.9 Å². The van der Waals surface area contributed by atoms with Crippen molar-refractivity contribution in [2.75, 3.05) is 36.0 Å². The second kappa shape index (κ2) is 6.05. The third kappa shape index (κ3) is 2.67. The van der Waals surface area contributed by atoms with Crippen molar-refractivity contribution in [2.45, 2.75) is 6.92 Å². The van der Waals surface area contributed by atoms with Crippen LogP contribution in [0.2, 0.25) is 0 Å². The zero-order chi connectivity index (χ0) is 17.5. The standard InChI is InChI=1S/C18H20N8/c1-13-5-16(20-11-19-13)24-7-14-9-25(10-15(14)8-24)17-6-18(22-12-21-17)26-4-2-3-23-26/h2-6,11-12,14-15H,7-10H2,1H3. The number of hydrogen-bond acceptors (Lipinski definition) is 7. The van der Waals surface area contributed by atoms with Gasteiger partial charge < -0.3 is 9.80 Å². The maximum absolute atomic E-state index is 4.49. The van der Waals surface area contributed by atoms with Crippen LogP contribution in [0.25, 0.3) is 5.82 Å². The Bertz CT molecular complexity index is 895. The Morgan fingerprint density at radius 1 is 0.808 bits per heavy atom. The molecule has 5 heterocycles. The van der Waals surface area contributed by atoms with E-state index in [0.29, 0.717) is 11.8 Å². The van der Waals surface area contributed by atoms with Crippen LogP contribution in [0.1, 0.15) is 5.69 Å². The Morgan fingerprint density at radius 3 is 2.04 bits per heavy atom. The van der Waals surface area contributed by atoms with Crippen molar-refractivity contribution >= 4 is 11.6 Å². The smallest absolute Gasteiger partial charge is 0.158 e. The predicted octanol–water partition coefficient (Wildman–Crippen LogP) is 1.33. The highest BCUT2D eigenvalue weighted by Crippen LogP contribution is 2.35. The van der Waals surface area contributed by atoms with E-state index in [9.17, 15) is 0 Å². The summed E-state index contributed by atoms with van der Waals surface area (Å²) in [4.78, 5) is 22.2. The number of aryl methyl sites for hydroxylation is 1. The third-order valence-electron chi connectivity index (χ3n) is 5.30. The van der Waals surface area contributed by atoms with Gasteiger partial charge in [0.25, 0.3) is 0 Å². The fourth-order valence-corrected chi connectivity index (χ4v) is 4.02. The zero-order valence-corrected chi connectivity index (χ0v) is 14.6. The quantitative estimate of drug-likeness (QED) is 0.707. The van der Waals surface area contributed by atoms with E-state index in [1.807, 2.05) is 25.3 Å². The molecule has 0 spiro atoms. The molecular weight excluding hydrogens is 328 g/mol. The fraction of sp³-hybridized carbons (Fsp3) is 0.389. The average molecular weight is 348 g/mol. The van der Waals surface area contributed by atoms with Crippen molar-refractivity contribution in [3.8, 4) is 5.82 Å². The SMILES string of the molecule is Cc1cc(N2CC3CN(c4cc(-n5cccn5)ncn4)CC3C2)ncn1. The Morgan fingerprint density at radius 2 is 1.42 bits per heavy atom. The summed E-state index contributed by atoms with van der Waals surface area (Å²) in [6.07, 6.45) is 6.93. The van der Waals surface area contributed by atoms with Crippen molar-refractivity contribution in [1.29, 1.82) is 0 Å². The van der Waals surface area contributed by atoms with E-state index in [1.165, 1.54) is 0 Å². The van der Waals surface area contributed by atoms with Crippen LogP contribution in [0.15, 0.2) is 43.2 Å². The minimum atomic E-state index is 0.633. The molecule has 2 saturated heterocycles. The van der Waals surface area contributed by atoms with E-state index in [4.69, 9.17) is 0 Å². The molecule has 0 amide bonds. The van der Waals surface area contributed by atoms with Crippen LogP contribution in [0.4, 0.5) is 11.6 Å². The van der Waals surface area contributed by atoms with Gasteiger partial charge in [-0.2, -0.15) is 5.10 Å². The highest BCUT2D eigenvalue weighted by Gasteiger charge is 2.41. The van der Waals surface area contributed by atoms with Crippen LogP contribution in [-0.2, 0) is 0 Å². The van der Waals surface area contributed by atoms with Crippen LogP contribution >= 0.6 is 0 Å². The molecule has 0 radical (unpaired) electrons. The van der Waals surface area contributed by atoms with Gasteiger partial charge in [-0.15, -0.1) is 0 Å². The maximum atomic E-state index is 4.49. The van der Waals surface area contributed by atoms with Crippen molar-refractivity contribution in [2.24, 2.45) is 11.8 Å². The molecule has 8 heteroatoms. The summed E-state index contributed by atoms with van der Waals surface area (Å²) in [6, 6.07) is 5.98. The van der Waals surface area contributed by atoms with E-state index in [-0.39, 0.29) is 0 Å². The lowest BCUT2D eigenvalue weighted by molar-refractivity contribution is 0.533. The molecule has 0 bridgehead atoms. The third-order valence-corrected chi connectivity index (χ3v) is 5.30. The van der Waals surface area contributed by atoms with Gasteiger partial charge in [-0.25, -0.2) is 24.6 Å². The minimum absolute atomic E-state index is 0.633. The maximum Gasteiger partial charge on any atom is 0.158 e.